The Morgan fingerprint density at radius 3 is 2.40 bits per heavy atom. The molecule has 0 bridgehead atoms. The zero-order valence-electron chi connectivity index (χ0n) is 13.5. The summed E-state index contributed by atoms with van der Waals surface area (Å²) in [6.45, 7) is 0.160. The molecule has 5 nitrogen and oxygen atoms in total. The number of nitriles is 1. The molecule has 124 valence electrons. The number of hydrogen-bond acceptors (Lipinski definition) is 3. The third-order valence-corrected chi connectivity index (χ3v) is 4.09. The molecule has 0 aliphatic rings. The quantitative estimate of drug-likeness (QED) is 0.747. The van der Waals surface area contributed by atoms with Crippen molar-refractivity contribution in [2.24, 2.45) is 0 Å². The first-order valence-electron chi connectivity index (χ1n) is 7.90. The second kappa shape index (κ2) is 7.02. The number of Topliss-reactive ketones (excluding diaryl/α,β-unsaturated/α-hetero) is 1. The normalized spacial score (nSPS) is 10.5. The summed E-state index contributed by atoms with van der Waals surface area (Å²) in [5.41, 5.74) is 3.52. The van der Waals surface area contributed by atoms with Crippen LogP contribution >= 0.6 is 0 Å². The van der Waals surface area contributed by atoms with Crippen LogP contribution in [0.3, 0.4) is 0 Å². The van der Waals surface area contributed by atoms with Crippen molar-refractivity contribution >= 4 is 22.7 Å². The fourth-order valence-electron chi connectivity index (χ4n) is 2.75. The van der Waals surface area contributed by atoms with Gasteiger partial charge in [0.05, 0.1) is 24.6 Å². The Morgan fingerprint density at radius 2 is 1.72 bits per heavy atom. The second-order valence-electron chi connectivity index (χ2n) is 5.84. The zero-order valence-corrected chi connectivity index (χ0v) is 13.5. The lowest BCUT2D eigenvalue weighted by molar-refractivity contribution is -0.138. The molecule has 0 saturated carbocycles. The summed E-state index contributed by atoms with van der Waals surface area (Å²) < 4.78 is 1.84. The van der Waals surface area contributed by atoms with Crippen LogP contribution in [-0.2, 0) is 16.1 Å². The van der Waals surface area contributed by atoms with E-state index in [0.29, 0.717) is 5.56 Å². The molecular weight excluding hydrogens is 316 g/mol. The van der Waals surface area contributed by atoms with E-state index in [4.69, 9.17) is 10.4 Å². The van der Waals surface area contributed by atoms with Crippen LogP contribution in [-0.4, -0.2) is 21.4 Å². The fraction of sp³-hybridized carbons (Fsp3) is 0.150. The molecule has 0 aliphatic carbocycles. The summed E-state index contributed by atoms with van der Waals surface area (Å²) >= 11 is 0. The Bertz CT molecular complexity index is 978. The van der Waals surface area contributed by atoms with Crippen molar-refractivity contribution in [2.45, 2.75) is 19.4 Å². The first-order chi connectivity index (χ1) is 12.1. The van der Waals surface area contributed by atoms with Crippen LogP contribution in [0.25, 0.3) is 22.0 Å². The number of ketones is 1. The Labute approximate surface area is 144 Å². The van der Waals surface area contributed by atoms with E-state index in [1.54, 1.807) is 12.1 Å². The summed E-state index contributed by atoms with van der Waals surface area (Å²) in [5.74, 6) is -1.07. The standard InChI is InChI=1S/C20H16N2O3/c21-12-14-1-3-15(4-2-14)17-6-5-16-9-10-22(19(16)11-17)13-18(23)7-8-20(24)25/h1-6,9-11H,7-8,13H2,(H,24,25). The predicted octanol–water partition coefficient (Wildman–Crippen LogP) is 3.61. The maximum absolute atomic E-state index is 12.0. The molecular formula is C20H16N2O3. The third kappa shape index (κ3) is 3.75. The number of aromatic nitrogens is 1. The molecule has 5 heteroatoms. The number of carboxylic acids is 1. The van der Waals surface area contributed by atoms with Gasteiger partial charge in [-0.2, -0.15) is 5.26 Å². The first-order valence-corrected chi connectivity index (χ1v) is 7.90. The monoisotopic (exact) mass is 332 g/mol. The van der Waals surface area contributed by atoms with Gasteiger partial charge in [0.1, 0.15) is 0 Å². The number of nitrogens with zero attached hydrogens (tertiary/aromatic N) is 2. The summed E-state index contributed by atoms with van der Waals surface area (Å²) in [7, 11) is 0. The molecule has 1 N–H and O–H groups in total. The van der Waals surface area contributed by atoms with Crippen LogP contribution in [0.15, 0.2) is 54.7 Å². The Morgan fingerprint density at radius 1 is 1.00 bits per heavy atom. The number of benzene rings is 2. The smallest absolute Gasteiger partial charge is 0.303 e. The fourth-order valence-corrected chi connectivity index (χ4v) is 2.75. The molecule has 0 amide bonds. The van der Waals surface area contributed by atoms with Crippen LogP contribution in [0.4, 0.5) is 0 Å². The van der Waals surface area contributed by atoms with Crippen molar-refractivity contribution in [3.8, 4) is 17.2 Å². The van der Waals surface area contributed by atoms with Gasteiger partial charge >= 0.3 is 5.97 Å². The highest BCUT2D eigenvalue weighted by Gasteiger charge is 2.09. The SMILES string of the molecule is N#Cc1ccc(-c2ccc3ccn(CC(=O)CCC(=O)O)c3c2)cc1. The van der Waals surface area contributed by atoms with E-state index in [9.17, 15) is 9.59 Å². The van der Waals surface area contributed by atoms with Gasteiger partial charge < -0.3 is 9.67 Å². The van der Waals surface area contributed by atoms with Crippen LogP contribution in [0.1, 0.15) is 18.4 Å². The number of carboxylic acid groups (broad SMARTS) is 1. The lowest BCUT2D eigenvalue weighted by Gasteiger charge is -2.07. The minimum atomic E-state index is -0.964. The number of carbonyl (C=O) groups excluding carboxylic acids is 1. The van der Waals surface area contributed by atoms with Crippen molar-refractivity contribution in [1.82, 2.24) is 4.57 Å². The van der Waals surface area contributed by atoms with Crippen LogP contribution < -0.4 is 0 Å². The Balaban J connectivity index is 1.87. The van der Waals surface area contributed by atoms with Crippen LogP contribution in [0, 0.1) is 11.3 Å². The number of aliphatic carboxylic acids is 1. The number of fused-ring (bicyclic) bond motifs is 1. The zero-order chi connectivity index (χ0) is 17.8. The van der Waals surface area contributed by atoms with E-state index in [1.807, 2.05) is 47.2 Å². The van der Waals surface area contributed by atoms with Gasteiger partial charge in [0.15, 0.2) is 5.78 Å². The molecule has 1 heterocycles. The topological polar surface area (TPSA) is 83.1 Å². The maximum atomic E-state index is 12.0. The minimum absolute atomic E-state index is 0.0321. The van der Waals surface area contributed by atoms with Gasteiger partial charge in [0.25, 0.3) is 0 Å². The van der Waals surface area contributed by atoms with Crippen LogP contribution in [0.5, 0.6) is 0 Å². The van der Waals surface area contributed by atoms with E-state index in [2.05, 4.69) is 6.07 Å². The molecule has 3 aromatic rings. The summed E-state index contributed by atoms with van der Waals surface area (Å²) in [4.78, 5) is 22.6. The second-order valence-corrected chi connectivity index (χ2v) is 5.84. The summed E-state index contributed by atoms with van der Waals surface area (Å²) in [6.07, 6.45) is 1.73. The Kier molecular flexibility index (Phi) is 4.62. The maximum Gasteiger partial charge on any atom is 0.303 e. The molecule has 25 heavy (non-hydrogen) atoms. The largest absolute Gasteiger partial charge is 0.481 e. The highest BCUT2D eigenvalue weighted by Crippen LogP contribution is 2.25. The molecule has 3 rings (SSSR count). The molecule has 0 fully saturated rings. The lowest BCUT2D eigenvalue weighted by atomic mass is 10.0. The molecule has 0 atom stereocenters. The molecule has 0 unspecified atom stereocenters. The molecule has 2 aromatic carbocycles. The highest BCUT2D eigenvalue weighted by molar-refractivity contribution is 5.88. The van der Waals surface area contributed by atoms with Gasteiger partial charge in [-0.25, -0.2) is 0 Å². The predicted molar refractivity (Wildman–Crippen MR) is 94.0 cm³/mol. The third-order valence-electron chi connectivity index (χ3n) is 4.09. The van der Waals surface area contributed by atoms with Crippen molar-refractivity contribution in [3.05, 3.63) is 60.3 Å². The van der Waals surface area contributed by atoms with Gasteiger partial charge in [-0.3, -0.25) is 9.59 Å². The Hall–Kier alpha value is -3.39. The molecule has 0 spiro atoms. The van der Waals surface area contributed by atoms with Gasteiger partial charge in [0, 0.05) is 18.1 Å². The number of rotatable bonds is 6. The minimum Gasteiger partial charge on any atom is -0.481 e. The average molecular weight is 332 g/mol. The summed E-state index contributed by atoms with van der Waals surface area (Å²) in [6, 6.07) is 17.4. The van der Waals surface area contributed by atoms with Gasteiger partial charge in [0.2, 0.25) is 0 Å². The van der Waals surface area contributed by atoms with Gasteiger partial charge in [-0.05, 0) is 40.8 Å². The molecule has 0 radical (unpaired) electrons. The number of carbonyl (C=O) groups is 2. The molecule has 0 saturated heterocycles. The molecule has 0 aliphatic heterocycles. The summed E-state index contributed by atoms with van der Waals surface area (Å²) in [5, 5.41) is 18.6. The van der Waals surface area contributed by atoms with E-state index in [1.165, 1.54) is 0 Å². The van der Waals surface area contributed by atoms with E-state index in [0.717, 1.165) is 22.0 Å². The first kappa shape index (κ1) is 16.5. The van der Waals surface area contributed by atoms with Crippen LogP contribution in [0.2, 0.25) is 0 Å². The van der Waals surface area contributed by atoms with Gasteiger partial charge in [-0.15, -0.1) is 0 Å². The van der Waals surface area contributed by atoms with Crippen molar-refractivity contribution in [2.75, 3.05) is 0 Å². The van der Waals surface area contributed by atoms with E-state index in [-0.39, 0.29) is 25.2 Å². The average Bonchev–Trinajstić information content (AvgIpc) is 3.02. The highest BCUT2D eigenvalue weighted by atomic mass is 16.4. The number of hydrogen-bond donors (Lipinski definition) is 1. The van der Waals surface area contributed by atoms with E-state index >= 15 is 0 Å². The lowest BCUT2D eigenvalue weighted by Crippen LogP contribution is -2.10. The molecule has 1 aromatic heterocycles. The van der Waals surface area contributed by atoms with Crippen molar-refractivity contribution < 1.29 is 14.7 Å². The van der Waals surface area contributed by atoms with Gasteiger partial charge in [-0.1, -0.05) is 24.3 Å². The van der Waals surface area contributed by atoms with Crippen molar-refractivity contribution in [1.29, 1.82) is 5.26 Å². The van der Waals surface area contributed by atoms with Crippen molar-refractivity contribution in [3.63, 3.8) is 0 Å². The van der Waals surface area contributed by atoms with E-state index < -0.39 is 5.97 Å².